The Labute approximate surface area is 75.4 Å². The van der Waals surface area contributed by atoms with Crippen molar-refractivity contribution in [3.63, 3.8) is 0 Å². The van der Waals surface area contributed by atoms with Crippen LogP contribution in [0.4, 0.5) is 5.69 Å². The molecule has 66 valence electrons. The zero-order valence-corrected chi connectivity index (χ0v) is 7.85. The molecule has 0 saturated carbocycles. The molecule has 0 aliphatic rings. The average Bonchev–Trinajstić information content (AvgIpc) is 2.06. The fraction of sp³-hybridized carbons (Fsp3) is 0.250. The molecule has 0 unspecified atom stereocenters. The van der Waals surface area contributed by atoms with Gasteiger partial charge in [-0.15, -0.1) is 0 Å². The minimum atomic E-state index is -0.750. The van der Waals surface area contributed by atoms with Crippen molar-refractivity contribution in [2.75, 3.05) is 12.4 Å². The second-order valence-corrected chi connectivity index (χ2v) is 2.32. The second kappa shape index (κ2) is 6.54. The Morgan fingerprint density at radius 1 is 1.33 bits per heavy atom. The number of anilines is 1. The average molecular weight is 185 g/mol. The summed E-state index contributed by atoms with van der Waals surface area (Å²) in [6.45, 7) is 2.08. The summed E-state index contributed by atoms with van der Waals surface area (Å²) in [5, 5.41) is 3.07. The number of benzene rings is 1. The highest BCUT2D eigenvalue weighted by atomic mass is 32.1. The molecule has 12 heavy (non-hydrogen) atoms. The number of nitrogens with one attached hydrogen (secondary N) is 1. The number of hydrogen-bond acceptors (Lipinski definition) is 3. The van der Waals surface area contributed by atoms with Crippen molar-refractivity contribution in [1.82, 2.24) is 0 Å². The van der Waals surface area contributed by atoms with E-state index in [1.165, 1.54) is 11.3 Å². The summed E-state index contributed by atoms with van der Waals surface area (Å²) in [7, 11) is 1.93. The van der Waals surface area contributed by atoms with E-state index < -0.39 is 11.6 Å². The lowest BCUT2D eigenvalue weighted by Gasteiger charge is -1.98. The topological polar surface area (TPSA) is 46.2 Å². The van der Waals surface area contributed by atoms with Gasteiger partial charge in [-0.2, -0.15) is 8.42 Å². The van der Waals surface area contributed by atoms with Crippen molar-refractivity contribution >= 4 is 17.3 Å². The van der Waals surface area contributed by atoms with Crippen molar-refractivity contribution in [1.29, 1.82) is 0 Å². The normalized spacial score (nSPS) is 7.83. The first-order valence-corrected chi connectivity index (χ1v) is 4.07. The summed E-state index contributed by atoms with van der Waals surface area (Å²) in [5.41, 5.74) is 2.47. The first-order chi connectivity index (χ1) is 5.74. The fourth-order valence-corrected chi connectivity index (χ4v) is 0.801. The monoisotopic (exact) mass is 185 g/mol. The Morgan fingerprint density at radius 3 is 2.25 bits per heavy atom. The molecule has 0 saturated heterocycles. The quantitative estimate of drug-likeness (QED) is 0.718. The van der Waals surface area contributed by atoms with Crippen molar-refractivity contribution in [3.05, 3.63) is 29.8 Å². The lowest BCUT2D eigenvalue weighted by atomic mass is 10.2. The fourth-order valence-electron chi connectivity index (χ4n) is 0.801. The lowest BCUT2D eigenvalue weighted by molar-refractivity contribution is 0.630. The van der Waals surface area contributed by atoms with Crippen LogP contribution in [0.25, 0.3) is 0 Å². The third-order valence-electron chi connectivity index (χ3n) is 1.31. The zero-order chi connectivity index (χ0) is 9.40. The van der Waals surface area contributed by atoms with Crippen LogP contribution in [-0.4, -0.2) is 15.5 Å². The van der Waals surface area contributed by atoms with Gasteiger partial charge in [0.1, 0.15) is 0 Å². The summed E-state index contributed by atoms with van der Waals surface area (Å²) >= 11 is -0.750. The van der Waals surface area contributed by atoms with Gasteiger partial charge in [-0.1, -0.05) is 12.1 Å². The smallest absolute Gasteiger partial charge is 0.335 e. The predicted octanol–water partition coefficient (Wildman–Crippen LogP) is 1.37. The first kappa shape index (κ1) is 10.8. The molecule has 0 bridgehead atoms. The largest absolute Gasteiger partial charge is 0.388 e. The Hall–Kier alpha value is -1.16. The van der Waals surface area contributed by atoms with Crippen LogP contribution in [0.3, 0.4) is 0 Å². The minimum absolute atomic E-state index is 0.750. The van der Waals surface area contributed by atoms with E-state index in [1.54, 1.807) is 0 Å². The number of rotatable bonds is 1. The minimum Gasteiger partial charge on any atom is -0.388 e. The standard InChI is InChI=1S/C8H11N.O2S/c1-7-4-3-5-8(6-7)9-2;1-3-2/h3-6,9H,1-2H3;. The van der Waals surface area contributed by atoms with Gasteiger partial charge >= 0.3 is 11.6 Å². The Morgan fingerprint density at radius 2 is 1.92 bits per heavy atom. The predicted molar refractivity (Wildman–Crippen MR) is 49.6 cm³/mol. The van der Waals surface area contributed by atoms with E-state index in [1.807, 2.05) is 19.2 Å². The summed E-state index contributed by atoms with van der Waals surface area (Å²) < 4.78 is 16.6. The van der Waals surface area contributed by atoms with Crippen LogP contribution in [0.2, 0.25) is 0 Å². The van der Waals surface area contributed by atoms with E-state index in [0.717, 1.165) is 0 Å². The van der Waals surface area contributed by atoms with Crippen LogP contribution < -0.4 is 5.32 Å². The van der Waals surface area contributed by atoms with Gasteiger partial charge in [0.15, 0.2) is 0 Å². The van der Waals surface area contributed by atoms with E-state index in [2.05, 4.69) is 24.4 Å². The molecule has 0 fully saturated rings. The summed E-state index contributed by atoms with van der Waals surface area (Å²) in [6, 6.07) is 8.29. The highest BCUT2D eigenvalue weighted by Crippen LogP contribution is 2.07. The van der Waals surface area contributed by atoms with Crippen LogP contribution in [-0.2, 0) is 11.6 Å². The summed E-state index contributed by atoms with van der Waals surface area (Å²) in [4.78, 5) is 0. The first-order valence-electron chi connectivity index (χ1n) is 3.40. The van der Waals surface area contributed by atoms with Crippen molar-refractivity contribution in [2.45, 2.75) is 6.92 Å². The Kier molecular flexibility index (Phi) is 5.91. The summed E-state index contributed by atoms with van der Waals surface area (Å²) in [6.07, 6.45) is 0. The molecule has 0 heterocycles. The highest BCUT2D eigenvalue weighted by molar-refractivity contribution is 7.51. The second-order valence-electron chi connectivity index (χ2n) is 2.19. The molecule has 0 aliphatic carbocycles. The van der Waals surface area contributed by atoms with Gasteiger partial charge in [0.25, 0.3) is 0 Å². The molecular formula is C8H11NO2S. The van der Waals surface area contributed by atoms with Gasteiger partial charge in [0.2, 0.25) is 0 Å². The van der Waals surface area contributed by atoms with E-state index in [-0.39, 0.29) is 0 Å². The molecule has 0 spiro atoms. The van der Waals surface area contributed by atoms with E-state index in [0.29, 0.717) is 0 Å². The zero-order valence-electron chi connectivity index (χ0n) is 7.03. The molecule has 0 amide bonds. The molecule has 4 heteroatoms. The third-order valence-corrected chi connectivity index (χ3v) is 1.31. The van der Waals surface area contributed by atoms with Gasteiger partial charge in [0.05, 0.1) is 0 Å². The van der Waals surface area contributed by atoms with E-state index in [4.69, 9.17) is 8.42 Å². The maximum atomic E-state index is 8.29. The van der Waals surface area contributed by atoms with Gasteiger partial charge in [-0.3, -0.25) is 0 Å². The van der Waals surface area contributed by atoms with Gasteiger partial charge in [0, 0.05) is 12.7 Å². The van der Waals surface area contributed by atoms with Crippen LogP contribution in [0.5, 0.6) is 0 Å². The molecule has 1 aromatic rings. The number of aryl methyl sites for hydroxylation is 1. The lowest BCUT2D eigenvalue weighted by Crippen LogP contribution is -1.86. The van der Waals surface area contributed by atoms with E-state index >= 15 is 0 Å². The molecule has 3 nitrogen and oxygen atoms in total. The molecule has 0 atom stereocenters. The van der Waals surface area contributed by atoms with Crippen LogP contribution in [0.15, 0.2) is 24.3 Å². The molecule has 0 radical (unpaired) electrons. The molecular weight excluding hydrogens is 174 g/mol. The van der Waals surface area contributed by atoms with Crippen LogP contribution in [0.1, 0.15) is 5.56 Å². The van der Waals surface area contributed by atoms with Gasteiger partial charge < -0.3 is 5.32 Å². The molecule has 0 aliphatic heterocycles. The van der Waals surface area contributed by atoms with Gasteiger partial charge in [-0.25, -0.2) is 0 Å². The molecule has 1 N–H and O–H groups in total. The highest BCUT2D eigenvalue weighted by Gasteiger charge is 1.84. The third kappa shape index (κ3) is 4.62. The van der Waals surface area contributed by atoms with Gasteiger partial charge in [-0.05, 0) is 24.6 Å². The molecule has 1 aromatic carbocycles. The molecule has 1 rings (SSSR count). The van der Waals surface area contributed by atoms with Crippen molar-refractivity contribution in [2.24, 2.45) is 0 Å². The van der Waals surface area contributed by atoms with Crippen molar-refractivity contribution < 1.29 is 8.42 Å². The Bertz CT molecular complexity index is 270. The maximum absolute atomic E-state index is 8.29. The van der Waals surface area contributed by atoms with E-state index in [9.17, 15) is 0 Å². The van der Waals surface area contributed by atoms with Crippen LogP contribution in [0, 0.1) is 6.92 Å². The van der Waals surface area contributed by atoms with Crippen LogP contribution >= 0.6 is 0 Å². The number of hydrogen-bond donors (Lipinski definition) is 1. The summed E-state index contributed by atoms with van der Waals surface area (Å²) in [5.74, 6) is 0. The molecule has 0 aromatic heterocycles. The SMILES string of the molecule is CNc1cccc(C)c1.O=S=O. The maximum Gasteiger partial charge on any atom is 0.335 e. The van der Waals surface area contributed by atoms with Crippen molar-refractivity contribution in [3.8, 4) is 0 Å². The Balaban J connectivity index is 0.000000354.